The molecule has 0 unspecified atom stereocenters. The van der Waals surface area contributed by atoms with Crippen molar-refractivity contribution in [3.8, 4) is 22.9 Å². The first-order chi connectivity index (χ1) is 16.1. The van der Waals surface area contributed by atoms with E-state index in [1.807, 2.05) is 54.4 Å². The van der Waals surface area contributed by atoms with Crippen LogP contribution < -0.4 is 4.74 Å². The molecule has 5 rings (SSSR count). The number of rotatable bonds is 8. The Bertz CT molecular complexity index is 1230. The molecule has 1 aliphatic carbocycles. The van der Waals surface area contributed by atoms with E-state index in [4.69, 9.17) is 25.9 Å². The van der Waals surface area contributed by atoms with Crippen molar-refractivity contribution in [2.45, 2.75) is 19.4 Å². The number of ether oxygens (including phenoxy) is 1. The third kappa shape index (κ3) is 4.81. The van der Waals surface area contributed by atoms with E-state index < -0.39 is 0 Å². The predicted molar refractivity (Wildman–Crippen MR) is 126 cm³/mol. The summed E-state index contributed by atoms with van der Waals surface area (Å²) < 4.78 is 13.4. The summed E-state index contributed by atoms with van der Waals surface area (Å²) in [5.74, 6) is 1.95. The molecule has 0 saturated heterocycles. The maximum absolute atomic E-state index is 13.3. The number of nitrogens with zero attached hydrogens (tertiary/aromatic N) is 3. The number of carbonyl (C=O) groups is 1. The smallest absolute Gasteiger partial charge is 0.289 e. The first kappa shape index (κ1) is 21.3. The number of carbonyl (C=O) groups excluding carboxylic acids is 1. The zero-order valence-electron chi connectivity index (χ0n) is 18.3. The van der Waals surface area contributed by atoms with Gasteiger partial charge in [-0.1, -0.05) is 41.9 Å². The second-order valence-corrected chi connectivity index (χ2v) is 8.72. The fourth-order valence-electron chi connectivity index (χ4n) is 3.84. The summed E-state index contributed by atoms with van der Waals surface area (Å²) in [4.78, 5) is 15.1. The van der Waals surface area contributed by atoms with Crippen molar-refractivity contribution in [3.63, 3.8) is 0 Å². The fraction of sp³-hybridized carbons (Fsp3) is 0.231. The van der Waals surface area contributed by atoms with Crippen LogP contribution in [-0.2, 0) is 13.6 Å². The third-order valence-electron chi connectivity index (χ3n) is 5.71. The molecule has 1 amide bonds. The van der Waals surface area contributed by atoms with Crippen molar-refractivity contribution in [3.05, 3.63) is 89.3 Å². The van der Waals surface area contributed by atoms with Gasteiger partial charge in [-0.05, 0) is 55.2 Å². The molecule has 1 aliphatic rings. The monoisotopic (exact) mass is 461 g/mol. The molecule has 7 heteroatoms. The molecule has 0 aliphatic heterocycles. The fourth-order valence-corrected chi connectivity index (χ4v) is 3.97. The summed E-state index contributed by atoms with van der Waals surface area (Å²) in [7, 11) is 1.85. The summed E-state index contributed by atoms with van der Waals surface area (Å²) >= 11 is 6.04. The minimum atomic E-state index is -0.132. The highest BCUT2D eigenvalue weighted by Gasteiger charge is 2.31. The lowest BCUT2D eigenvalue weighted by molar-refractivity contribution is 0.0702. The van der Waals surface area contributed by atoms with Crippen LogP contribution in [0.1, 0.15) is 29.0 Å². The van der Waals surface area contributed by atoms with Crippen molar-refractivity contribution in [2.75, 3.05) is 6.54 Å². The van der Waals surface area contributed by atoms with E-state index in [0.717, 1.165) is 29.7 Å². The van der Waals surface area contributed by atoms with Gasteiger partial charge in [-0.15, -0.1) is 0 Å². The normalized spacial score (nSPS) is 13.2. The van der Waals surface area contributed by atoms with E-state index in [2.05, 4.69) is 0 Å². The highest BCUT2D eigenvalue weighted by atomic mass is 35.5. The Morgan fingerprint density at radius 1 is 1.12 bits per heavy atom. The molecule has 2 aromatic heterocycles. The predicted octanol–water partition coefficient (Wildman–Crippen LogP) is 6.18. The van der Waals surface area contributed by atoms with Crippen molar-refractivity contribution in [2.24, 2.45) is 13.0 Å². The average molecular weight is 462 g/mol. The molecule has 2 aromatic carbocycles. The summed E-state index contributed by atoms with van der Waals surface area (Å²) in [5, 5.41) is 5.40. The Morgan fingerprint density at radius 3 is 2.55 bits per heavy atom. The Morgan fingerprint density at radius 2 is 1.88 bits per heavy atom. The maximum atomic E-state index is 13.3. The number of benzene rings is 2. The molecule has 33 heavy (non-hydrogen) atoms. The molecule has 0 atom stereocenters. The van der Waals surface area contributed by atoms with Crippen molar-refractivity contribution in [1.82, 2.24) is 14.7 Å². The molecule has 0 radical (unpaired) electrons. The van der Waals surface area contributed by atoms with Crippen LogP contribution in [0.3, 0.4) is 0 Å². The van der Waals surface area contributed by atoms with Gasteiger partial charge in [0.25, 0.3) is 5.91 Å². The van der Waals surface area contributed by atoms with Gasteiger partial charge in [0.05, 0.1) is 18.4 Å². The van der Waals surface area contributed by atoms with E-state index in [-0.39, 0.29) is 5.91 Å². The van der Waals surface area contributed by atoms with Gasteiger partial charge in [0.1, 0.15) is 11.4 Å². The van der Waals surface area contributed by atoms with E-state index in [9.17, 15) is 4.79 Å². The molecule has 4 aromatic rings. The van der Waals surface area contributed by atoms with Crippen molar-refractivity contribution >= 4 is 17.5 Å². The van der Waals surface area contributed by atoms with E-state index in [1.54, 1.807) is 28.9 Å². The molecular weight excluding hydrogens is 438 g/mol. The van der Waals surface area contributed by atoms with Gasteiger partial charge in [0, 0.05) is 24.2 Å². The summed E-state index contributed by atoms with van der Waals surface area (Å²) in [5.41, 5.74) is 2.60. The van der Waals surface area contributed by atoms with Crippen LogP contribution in [0.4, 0.5) is 0 Å². The topological polar surface area (TPSA) is 60.5 Å². The van der Waals surface area contributed by atoms with E-state index in [0.29, 0.717) is 41.4 Å². The summed E-state index contributed by atoms with van der Waals surface area (Å²) in [6.07, 6.45) is 3.79. The summed E-state index contributed by atoms with van der Waals surface area (Å²) in [6.45, 7) is 1.03. The number of furan rings is 1. The first-order valence-electron chi connectivity index (χ1n) is 11.0. The van der Waals surface area contributed by atoms with Crippen LogP contribution >= 0.6 is 11.6 Å². The van der Waals surface area contributed by atoms with Crippen LogP contribution in [0.5, 0.6) is 11.6 Å². The number of hydrogen-bond donors (Lipinski definition) is 0. The SMILES string of the molecule is Cn1nc(-c2ccccc2)c(CN(CC2CC2)C(=O)c2ccco2)c1Oc1ccc(Cl)cc1. The van der Waals surface area contributed by atoms with Crippen LogP contribution in [0, 0.1) is 5.92 Å². The van der Waals surface area contributed by atoms with Gasteiger partial charge < -0.3 is 14.1 Å². The number of halogens is 1. The van der Waals surface area contributed by atoms with E-state index in [1.165, 1.54) is 6.26 Å². The molecule has 6 nitrogen and oxygen atoms in total. The lowest BCUT2D eigenvalue weighted by Gasteiger charge is -2.22. The lowest BCUT2D eigenvalue weighted by Crippen LogP contribution is -2.32. The number of hydrogen-bond acceptors (Lipinski definition) is 4. The quantitative estimate of drug-likeness (QED) is 0.314. The van der Waals surface area contributed by atoms with Gasteiger partial charge in [0.15, 0.2) is 5.76 Å². The number of aryl methyl sites for hydroxylation is 1. The van der Waals surface area contributed by atoms with Gasteiger partial charge >= 0.3 is 0 Å². The molecule has 1 fully saturated rings. The van der Waals surface area contributed by atoms with E-state index >= 15 is 0 Å². The lowest BCUT2D eigenvalue weighted by atomic mass is 10.1. The third-order valence-corrected chi connectivity index (χ3v) is 5.96. The van der Waals surface area contributed by atoms with Crippen LogP contribution in [-0.4, -0.2) is 27.1 Å². The first-order valence-corrected chi connectivity index (χ1v) is 11.3. The molecule has 0 bridgehead atoms. The minimum absolute atomic E-state index is 0.132. The molecular formula is C26H24ClN3O3. The molecule has 1 saturated carbocycles. The second kappa shape index (κ2) is 9.16. The highest BCUT2D eigenvalue weighted by Crippen LogP contribution is 2.36. The van der Waals surface area contributed by atoms with Crippen LogP contribution in [0.15, 0.2) is 77.4 Å². The van der Waals surface area contributed by atoms with Gasteiger partial charge in [0.2, 0.25) is 5.88 Å². The largest absolute Gasteiger partial charge is 0.459 e. The second-order valence-electron chi connectivity index (χ2n) is 8.28. The van der Waals surface area contributed by atoms with Crippen LogP contribution in [0.25, 0.3) is 11.3 Å². The Balaban J connectivity index is 1.55. The number of aromatic nitrogens is 2. The minimum Gasteiger partial charge on any atom is -0.459 e. The highest BCUT2D eigenvalue weighted by molar-refractivity contribution is 6.30. The van der Waals surface area contributed by atoms with Crippen molar-refractivity contribution < 1.29 is 13.9 Å². The molecule has 0 N–H and O–H groups in total. The number of amides is 1. The van der Waals surface area contributed by atoms with Gasteiger partial charge in [-0.3, -0.25) is 4.79 Å². The Kier molecular flexibility index (Phi) is 5.92. The maximum Gasteiger partial charge on any atom is 0.289 e. The van der Waals surface area contributed by atoms with Crippen molar-refractivity contribution in [1.29, 1.82) is 0 Å². The van der Waals surface area contributed by atoms with Crippen LogP contribution in [0.2, 0.25) is 5.02 Å². The zero-order chi connectivity index (χ0) is 22.8. The molecule has 168 valence electrons. The van der Waals surface area contributed by atoms with Gasteiger partial charge in [-0.25, -0.2) is 4.68 Å². The van der Waals surface area contributed by atoms with Gasteiger partial charge in [-0.2, -0.15) is 5.10 Å². The standard InChI is InChI=1S/C26H24ClN3O3/c1-29-26(33-21-13-11-20(27)12-14-21)22(24(28-29)19-6-3-2-4-7-19)17-30(16-18-9-10-18)25(31)23-8-5-15-32-23/h2-8,11-15,18H,9-10,16-17H2,1H3. The molecule has 2 heterocycles. The average Bonchev–Trinajstić information content (AvgIpc) is 3.37. The Labute approximate surface area is 197 Å². The summed E-state index contributed by atoms with van der Waals surface area (Å²) in [6, 6.07) is 20.6. The Hall–Kier alpha value is -3.51. The molecule has 0 spiro atoms. The zero-order valence-corrected chi connectivity index (χ0v) is 19.0.